The van der Waals surface area contributed by atoms with Crippen LogP contribution in [-0.2, 0) is 9.53 Å². The molecule has 0 aliphatic carbocycles. The average molecular weight is 492 g/mol. The monoisotopic (exact) mass is 492 g/mol. The number of carbonyl (C=O) groups is 2. The number of pyridine rings is 1. The highest BCUT2D eigenvalue weighted by Crippen LogP contribution is 2.54. The minimum atomic E-state index is -4.96. The Morgan fingerprint density at radius 1 is 1.24 bits per heavy atom. The maximum atomic E-state index is 13.9. The molecule has 1 saturated heterocycles. The number of hydrogen-bond donors (Lipinski definition) is 2. The van der Waals surface area contributed by atoms with Gasteiger partial charge in [0.15, 0.2) is 5.60 Å². The zero-order chi connectivity index (χ0) is 25.4. The van der Waals surface area contributed by atoms with E-state index in [1.807, 2.05) is 0 Å². The molecular weight excluding hydrogens is 474 g/mol. The Kier molecular flexibility index (Phi) is 6.78. The number of hydrogen-bond acceptors (Lipinski definition) is 5. The number of aromatic carboxylic acids is 1. The van der Waals surface area contributed by atoms with Gasteiger partial charge in [0.25, 0.3) is 5.91 Å². The third-order valence-corrected chi connectivity index (χ3v) is 5.72. The topological polar surface area (TPSA) is 97.8 Å². The van der Waals surface area contributed by atoms with E-state index in [1.54, 1.807) is 0 Å². The van der Waals surface area contributed by atoms with Crippen LogP contribution in [0.15, 0.2) is 36.5 Å². The van der Waals surface area contributed by atoms with Crippen LogP contribution in [0.1, 0.15) is 35.8 Å². The molecule has 0 radical (unpaired) electrons. The molecule has 3 rings (SSSR count). The van der Waals surface area contributed by atoms with Crippen molar-refractivity contribution < 1.29 is 50.5 Å². The molecule has 13 heteroatoms. The summed E-state index contributed by atoms with van der Waals surface area (Å²) in [6, 6.07) is 4.54. The van der Waals surface area contributed by atoms with Crippen LogP contribution >= 0.6 is 0 Å². The molecule has 34 heavy (non-hydrogen) atoms. The van der Waals surface area contributed by atoms with Gasteiger partial charge >= 0.3 is 18.8 Å². The molecule has 0 unspecified atom stereocenters. The number of benzene rings is 1. The lowest BCUT2D eigenvalue weighted by atomic mass is 9.77. The number of nitrogens with zero attached hydrogens (tertiary/aromatic N) is 1. The van der Waals surface area contributed by atoms with E-state index < -0.39 is 65.5 Å². The van der Waals surface area contributed by atoms with Gasteiger partial charge in [-0.05, 0) is 25.1 Å². The second-order valence-corrected chi connectivity index (χ2v) is 7.74. The molecule has 1 aromatic carbocycles. The molecule has 1 amide bonds. The molecule has 184 valence electrons. The number of halogens is 6. The van der Waals surface area contributed by atoms with Crippen molar-refractivity contribution >= 4 is 17.6 Å². The first-order chi connectivity index (χ1) is 15.7. The maximum absolute atomic E-state index is 13.9. The van der Waals surface area contributed by atoms with E-state index in [2.05, 4.69) is 15.0 Å². The van der Waals surface area contributed by atoms with Crippen molar-refractivity contribution in [3.63, 3.8) is 0 Å². The van der Waals surface area contributed by atoms with Gasteiger partial charge in [-0.1, -0.05) is 13.0 Å². The van der Waals surface area contributed by atoms with E-state index in [4.69, 9.17) is 9.84 Å². The van der Waals surface area contributed by atoms with Crippen LogP contribution in [0.5, 0.6) is 5.75 Å². The third-order valence-electron chi connectivity index (χ3n) is 5.72. The fourth-order valence-corrected chi connectivity index (χ4v) is 3.84. The van der Waals surface area contributed by atoms with Crippen molar-refractivity contribution in [1.29, 1.82) is 0 Å². The molecule has 0 bridgehead atoms. The molecule has 1 aliphatic rings. The van der Waals surface area contributed by atoms with Crippen LogP contribution in [0.3, 0.4) is 0 Å². The number of alkyl halides is 5. The minimum absolute atomic E-state index is 0.101. The summed E-state index contributed by atoms with van der Waals surface area (Å²) in [6.07, 6.45) is -5.78. The highest BCUT2D eigenvalue weighted by atomic mass is 19.4. The third kappa shape index (κ3) is 4.79. The molecule has 2 aromatic rings. The quantitative estimate of drug-likeness (QED) is 0.573. The number of nitrogens with one attached hydrogen (secondary N) is 1. The Morgan fingerprint density at radius 2 is 1.91 bits per heavy atom. The Hall–Kier alpha value is -3.35. The molecule has 2 heterocycles. The van der Waals surface area contributed by atoms with Crippen LogP contribution < -0.4 is 10.1 Å². The number of carboxylic acid groups (broad SMARTS) is 1. The maximum Gasteiger partial charge on any atom is 0.417 e. The zero-order valence-electron chi connectivity index (χ0n) is 17.6. The Bertz CT molecular complexity index is 1100. The van der Waals surface area contributed by atoms with Crippen molar-refractivity contribution in [3.05, 3.63) is 53.6 Å². The van der Waals surface area contributed by atoms with Crippen LogP contribution in [0.25, 0.3) is 0 Å². The predicted molar refractivity (Wildman–Crippen MR) is 104 cm³/mol. The van der Waals surface area contributed by atoms with E-state index >= 15 is 0 Å². The largest absolute Gasteiger partial charge is 0.477 e. The smallest absolute Gasteiger partial charge is 0.417 e. The number of ether oxygens (including phenoxy) is 2. The second-order valence-electron chi connectivity index (χ2n) is 7.74. The highest BCUT2D eigenvalue weighted by Gasteiger charge is 2.65. The van der Waals surface area contributed by atoms with Crippen molar-refractivity contribution in [2.24, 2.45) is 5.92 Å². The Labute approximate surface area is 188 Å². The average Bonchev–Trinajstić information content (AvgIpc) is 3.00. The summed E-state index contributed by atoms with van der Waals surface area (Å²) in [5, 5.41) is 11.3. The molecule has 2 N–H and O–H groups in total. The van der Waals surface area contributed by atoms with Crippen LogP contribution in [0, 0.1) is 11.7 Å². The summed E-state index contributed by atoms with van der Waals surface area (Å²) in [5.74, 6) is -7.23. The lowest BCUT2D eigenvalue weighted by molar-refractivity contribution is -0.272. The summed E-state index contributed by atoms with van der Waals surface area (Å²) < 4.78 is 90.8. The molecule has 0 spiro atoms. The van der Waals surface area contributed by atoms with E-state index in [0.29, 0.717) is 13.0 Å². The first-order valence-corrected chi connectivity index (χ1v) is 9.73. The van der Waals surface area contributed by atoms with Crippen molar-refractivity contribution in [2.45, 2.75) is 44.3 Å². The summed E-state index contributed by atoms with van der Waals surface area (Å²) in [5.41, 5.74) is -3.71. The summed E-state index contributed by atoms with van der Waals surface area (Å²) in [6.45, 7) is -1.58. The molecule has 0 saturated carbocycles. The van der Waals surface area contributed by atoms with Gasteiger partial charge in [0.2, 0.25) is 0 Å². The molecule has 1 aromatic heterocycles. The summed E-state index contributed by atoms with van der Waals surface area (Å²) >= 11 is 0. The number of aromatic nitrogens is 1. The van der Waals surface area contributed by atoms with E-state index in [9.17, 15) is 35.9 Å². The van der Waals surface area contributed by atoms with Crippen LogP contribution in [0.2, 0.25) is 0 Å². The van der Waals surface area contributed by atoms with Gasteiger partial charge in [0.05, 0.1) is 0 Å². The number of carbonyl (C=O) groups excluding carboxylic acids is 1. The van der Waals surface area contributed by atoms with Gasteiger partial charge < -0.3 is 19.9 Å². The number of amides is 1. The first kappa shape index (κ1) is 25.3. The zero-order valence-corrected chi connectivity index (χ0v) is 17.6. The lowest BCUT2D eigenvalue weighted by Gasteiger charge is -2.32. The van der Waals surface area contributed by atoms with Gasteiger partial charge in [0, 0.05) is 35.3 Å². The van der Waals surface area contributed by atoms with Gasteiger partial charge in [-0.25, -0.2) is 14.2 Å². The normalized spacial score (nSPS) is 24.8. The Morgan fingerprint density at radius 3 is 2.50 bits per heavy atom. The lowest BCUT2D eigenvalue weighted by Crippen LogP contribution is -2.47. The van der Waals surface area contributed by atoms with Crippen molar-refractivity contribution in [3.8, 4) is 5.75 Å². The molecule has 7 nitrogen and oxygen atoms in total. The van der Waals surface area contributed by atoms with E-state index in [0.717, 1.165) is 31.3 Å². The van der Waals surface area contributed by atoms with Crippen LogP contribution in [0.4, 0.5) is 32.0 Å². The number of anilines is 1. The van der Waals surface area contributed by atoms with Gasteiger partial charge in [-0.2, -0.15) is 22.0 Å². The standard InChI is InChI=1S/C21H18F6N2O5/c1-9-15(12-4-3-10(22)7-14(12)33-19(23)24)16(34-20(9,2)21(25,26)27)17(30)29-11-5-6-28-13(8-11)18(31)32/h3-9,15-16,19H,1-2H3,(H,31,32)(H,28,29,30)/t9-,15-,16+,20+/m0/s1. The van der Waals surface area contributed by atoms with Crippen molar-refractivity contribution in [1.82, 2.24) is 4.98 Å². The fourth-order valence-electron chi connectivity index (χ4n) is 3.84. The number of rotatable bonds is 6. The van der Waals surface area contributed by atoms with Gasteiger partial charge in [0.1, 0.15) is 23.4 Å². The molecule has 1 fully saturated rings. The molecular formula is C21H18F6N2O5. The molecule has 4 atom stereocenters. The molecule has 1 aliphatic heterocycles. The second kappa shape index (κ2) is 9.12. The summed E-state index contributed by atoms with van der Waals surface area (Å²) in [4.78, 5) is 27.7. The van der Waals surface area contributed by atoms with Crippen molar-refractivity contribution in [2.75, 3.05) is 5.32 Å². The number of carboxylic acids is 1. The van der Waals surface area contributed by atoms with E-state index in [-0.39, 0.29) is 11.3 Å². The van der Waals surface area contributed by atoms with Gasteiger partial charge in [-0.15, -0.1) is 0 Å². The first-order valence-electron chi connectivity index (χ1n) is 9.73. The minimum Gasteiger partial charge on any atom is -0.477 e. The Balaban J connectivity index is 2.06. The fraction of sp³-hybridized carbons (Fsp3) is 0.381. The van der Waals surface area contributed by atoms with Crippen LogP contribution in [-0.4, -0.2) is 46.5 Å². The SMILES string of the molecule is C[C@H]1[C@@H](c2ccc(F)cc2OC(F)F)[C@H](C(=O)Nc2ccnc(C(=O)O)c2)O[C@@]1(C)C(F)(F)F. The highest BCUT2D eigenvalue weighted by molar-refractivity contribution is 5.96. The summed E-state index contributed by atoms with van der Waals surface area (Å²) in [7, 11) is 0. The van der Waals surface area contributed by atoms with E-state index in [1.165, 1.54) is 6.07 Å². The van der Waals surface area contributed by atoms with Gasteiger partial charge in [-0.3, -0.25) is 4.79 Å². The predicted octanol–water partition coefficient (Wildman–Crippen LogP) is 4.60.